The maximum absolute atomic E-state index is 13.5. The number of amides is 2. The number of guanidine groups is 1. The van der Waals surface area contributed by atoms with Crippen molar-refractivity contribution >= 4 is 35.5 Å². The van der Waals surface area contributed by atoms with Gasteiger partial charge in [-0.05, 0) is 54.5 Å². The minimum absolute atomic E-state index is 0.103. The predicted molar refractivity (Wildman–Crippen MR) is 173 cm³/mol. The molecule has 2 amide bonds. The van der Waals surface area contributed by atoms with E-state index in [1.807, 2.05) is 42.5 Å². The second-order valence-electron chi connectivity index (χ2n) is 10.7. The number of benzene rings is 2. The molecule has 7 N–H and O–H groups in total. The fourth-order valence-electron chi connectivity index (χ4n) is 4.57. The lowest BCUT2D eigenvalue weighted by atomic mass is 9.98. The fraction of sp³-hybridized carbons (Fsp3) is 0.333. The van der Waals surface area contributed by atoms with Crippen LogP contribution in [0.25, 0.3) is 11.1 Å². The Bertz CT molecular complexity index is 1520. The molecule has 0 aliphatic rings. The highest BCUT2D eigenvalue weighted by Crippen LogP contribution is 2.25. The first-order chi connectivity index (χ1) is 22.9. The Balaban J connectivity index is 1.72. The lowest BCUT2D eigenvalue weighted by molar-refractivity contribution is -0.202. The zero-order chi connectivity index (χ0) is 34.9. The summed E-state index contributed by atoms with van der Waals surface area (Å²) in [6.45, 7) is 0.738. The highest BCUT2D eigenvalue weighted by Gasteiger charge is 2.42. The van der Waals surface area contributed by atoms with E-state index in [2.05, 4.69) is 30.7 Å². The monoisotopic (exact) mass is 669 g/mol. The molecule has 0 saturated heterocycles. The number of carbonyl (C=O) groups excluding carboxylic acids is 4. The number of anilines is 1. The van der Waals surface area contributed by atoms with Crippen molar-refractivity contribution in [3.63, 3.8) is 0 Å². The van der Waals surface area contributed by atoms with Gasteiger partial charge < -0.3 is 32.2 Å². The van der Waals surface area contributed by atoms with Crippen LogP contribution in [0.4, 0.5) is 19.0 Å². The molecule has 256 valence electrons. The molecule has 0 radical (unpaired) electrons. The minimum atomic E-state index is -5.38. The summed E-state index contributed by atoms with van der Waals surface area (Å²) in [5.41, 5.74) is 12.8. The molecule has 2 atom stereocenters. The molecule has 0 bridgehead atoms. The molecule has 2 aromatic carbocycles. The smallest absolute Gasteiger partial charge is 0.386 e. The summed E-state index contributed by atoms with van der Waals surface area (Å²) in [6, 6.07) is 19.1. The van der Waals surface area contributed by atoms with Gasteiger partial charge in [-0.1, -0.05) is 60.7 Å². The summed E-state index contributed by atoms with van der Waals surface area (Å²) in [5, 5.41) is 8.47. The molecular weight excluding hydrogens is 631 g/mol. The highest BCUT2D eigenvalue weighted by molar-refractivity contribution is 5.90. The molecule has 48 heavy (non-hydrogen) atoms. The van der Waals surface area contributed by atoms with Gasteiger partial charge in [-0.3, -0.25) is 19.4 Å². The number of rotatable bonds is 17. The molecule has 0 fully saturated rings. The summed E-state index contributed by atoms with van der Waals surface area (Å²) in [4.78, 5) is 58.2. The number of aromatic nitrogens is 1. The quantitative estimate of drug-likeness (QED) is 0.0468. The highest BCUT2D eigenvalue weighted by atomic mass is 19.4. The van der Waals surface area contributed by atoms with E-state index in [4.69, 9.17) is 11.5 Å². The fourth-order valence-corrected chi connectivity index (χ4v) is 4.57. The van der Waals surface area contributed by atoms with Gasteiger partial charge in [0.05, 0.1) is 12.5 Å². The Labute approximate surface area is 275 Å². The number of hydrogen-bond acceptors (Lipinski definition) is 8. The van der Waals surface area contributed by atoms with Crippen LogP contribution in [0.3, 0.4) is 0 Å². The van der Waals surface area contributed by atoms with Crippen LogP contribution in [0.15, 0.2) is 84.0 Å². The molecule has 1 unspecified atom stereocenters. The zero-order valence-electron chi connectivity index (χ0n) is 26.0. The summed E-state index contributed by atoms with van der Waals surface area (Å²) in [7, 11) is 0. The number of nitrogens with zero attached hydrogens (tertiary/aromatic N) is 2. The van der Waals surface area contributed by atoms with E-state index in [1.54, 1.807) is 36.5 Å². The Kier molecular flexibility index (Phi) is 14.3. The average Bonchev–Trinajstić information content (AvgIpc) is 3.06. The van der Waals surface area contributed by atoms with Crippen LogP contribution in [0, 0.1) is 0 Å². The third-order valence-corrected chi connectivity index (χ3v) is 6.94. The number of unbranched alkanes of at least 4 members (excludes halogenated alkanes) is 1. The predicted octanol–water partition coefficient (Wildman–Crippen LogP) is 3.75. The molecule has 3 rings (SSSR count). The first-order valence-electron chi connectivity index (χ1n) is 15.2. The van der Waals surface area contributed by atoms with Crippen LogP contribution in [0.1, 0.15) is 50.1 Å². The zero-order valence-corrected chi connectivity index (χ0v) is 26.0. The van der Waals surface area contributed by atoms with Gasteiger partial charge in [0.1, 0.15) is 11.9 Å². The van der Waals surface area contributed by atoms with Crippen LogP contribution >= 0.6 is 0 Å². The van der Waals surface area contributed by atoms with Gasteiger partial charge in [-0.15, -0.1) is 0 Å². The first-order valence-corrected chi connectivity index (χ1v) is 15.2. The lowest BCUT2D eigenvalue weighted by Gasteiger charge is -2.24. The molecule has 0 aliphatic heterocycles. The van der Waals surface area contributed by atoms with Crippen molar-refractivity contribution in [2.24, 2.45) is 16.5 Å². The Hall–Kier alpha value is -5.47. The van der Waals surface area contributed by atoms with E-state index in [9.17, 15) is 32.3 Å². The van der Waals surface area contributed by atoms with Crippen LogP contribution in [0.5, 0.6) is 0 Å². The van der Waals surface area contributed by atoms with Gasteiger partial charge in [0.15, 0.2) is 5.96 Å². The summed E-state index contributed by atoms with van der Waals surface area (Å²) < 4.78 is 42.2. The summed E-state index contributed by atoms with van der Waals surface area (Å²) >= 11 is 0. The van der Waals surface area contributed by atoms with E-state index < -0.39 is 48.4 Å². The SMILES string of the molecule is NC(N)=NCCC[C@H](NC(=O)CCCCNc1ccccn1)C(=O)NC(CC(=O)OC(=O)C(F)(F)F)c1ccc(-c2ccccc2)cc1. The van der Waals surface area contributed by atoms with Crippen LogP contribution in [-0.2, 0) is 23.9 Å². The molecule has 0 spiro atoms. The number of nitrogens with one attached hydrogen (secondary N) is 3. The Morgan fingerprint density at radius 1 is 0.854 bits per heavy atom. The topological polar surface area (TPSA) is 191 Å². The van der Waals surface area contributed by atoms with Crippen molar-refractivity contribution in [1.29, 1.82) is 0 Å². The minimum Gasteiger partial charge on any atom is -0.386 e. The molecular formula is C33H38F3N7O5. The van der Waals surface area contributed by atoms with Crippen molar-refractivity contribution in [2.75, 3.05) is 18.4 Å². The molecule has 1 aromatic heterocycles. The maximum atomic E-state index is 13.5. The Morgan fingerprint density at radius 2 is 1.54 bits per heavy atom. The molecule has 0 saturated carbocycles. The number of esters is 2. The van der Waals surface area contributed by atoms with Gasteiger partial charge in [0, 0.05) is 25.7 Å². The van der Waals surface area contributed by atoms with Crippen LogP contribution < -0.4 is 27.4 Å². The van der Waals surface area contributed by atoms with Crippen molar-refractivity contribution in [3.05, 3.63) is 84.6 Å². The number of ether oxygens (including phenoxy) is 1. The number of nitrogens with two attached hydrogens (primary N) is 2. The number of carbonyl (C=O) groups is 4. The van der Waals surface area contributed by atoms with E-state index in [1.165, 1.54) is 0 Å². The van der Waals surface area contributed by atoms with Gasteiger partial charge >= 0.3 is 18.1 Å². The number of halogens is 3. The number of hydrogen-bond donors (Lipinski definition) is 5. The number of aliphatic imine (C=N–C) groups is 1. The third kappa shape index (κ3) is 13.1. The first kappa shape index (κ1) is 37.0. The van der Waals surface area contributed by atoms with Crippen molar-refractivity contribution in [2.45, 2.75) is 56.8 Å². The number of pyridine rings is 1. The van der Waals surface area contributed by atoms with Gasteiger partial charge in [-0.2, -0.15) is 13.2 Å². The number of alkyl halides is 3. The van der Waals surface area contributed by atoms with Gasteiger partial charge in [0.25, 0.3) is 0 Å². The standard InChI is InChI=1S/C33H38F3N7O5/c34-33(35,36)31(47)48-29(45)21-26(24-16-14-23(15-17-24)22-9-2-1-3-10-22)43-30(46)25(11-8-20-41-32(37)38)42-28(44)13-5-7-19-40-27-12-4-6-18-39-27/h1-4,6,9-10,12,14-18,25-26H,5,7-8,11,13,19-21H2,(H,39,40)(H,42,44)(H,43,46)(H4,37,38,41)/t25-,26?/m0/s1. The van der Waals surface area contributed by atoms with E-state index in [0.29, 0.717) is 37.2 Å². The maximum Gasteiger partial charge on any atom is 0.491 e. The lowest BCUT2D eigenvalue weighted by Crippen LogP contribution is -2.48. The second kappa shape index (κ2) is 18.6. The van der Waals surface area contributed by atoms with E-state index >= 15 is 0 Å². The molecule has 0 aliphatic carbocycles. The van der Waals surface area contributed by atoms with Crippen LogP contribution in [-0.4, -0.2) is 60.0 Å². The normalized spacial score (nSPS) is 12.2. The molecule has 15 heteroatoms. The largest absolute Gasteiger partial charge is 0.491 e. The third-order valence-electron chi connectivity index (χ3n) is 6.94. The molecule has 3 aromatic rings. The summed E-state index contributed by atoms with van der Waals surface area (Å²) in [6.07, 6.45) is -2.87. The average molecular weight is 670 g/mol. The van der Waals surface area contributed by atoms with Crippen molar-refractivity contribution in [1.82, 2.24) is 15.6 Å². The van der Waals surface area contributed by atoms with E-state index in [0.717, 1.165) is 11.1 Å². The molecule has 12 nitrogen and oxygen atoms in total. The van der Waals surface area contributed by atoms with Crippen molar-refractivity contribution < 1.29 is 37.1 Å². The van der Waals surface area contributed by atoms with E-state index in [-0.39, 0.29) is 25.3 Å². The second-order valence-corrected chi connectivity index (χ2v) is 10.7. The molecule has 1 heterocycles. The van der Waals surface area contributed by atoms with Crippen molar-refractivity contribution in [3.8, 4) is 11.1 Å². The van der Waals surface area contributed by atoms with Gasteiger partial charge in [-0.25, -0.2) is 9.78 Å². The summed E-state index contributed by atoms with van der Waals surface area (Å²) in [5.74, 6) is -4.73. The van der Waals surface area contributed by atoms with Crippen LogP contribution in [0.2, 0.25) is 0 Å². The van der Waals surface area contributed by atoms with Gasteiger partial charge in [0.2, 0.25) is 11.8 Å². The Morgan fingerprint density at radius 3 is 2.19 bits per heavy atom.